The summed E-state index contributed by atoms with van der Waals surface area (Å²) in [5.41, 5.74) is 0.179. The third-order valence-corrected chi connectivity index (χ3v) is 7.40. The van der Waals surface area contributed by atoms with Crippen molar-refractivity contribution >= 4 is 17.8 Å². The molecule has 4 amide bonds. The molecule has 8 heteroatoms. The average Bonchev–Trinajstić information content (AvgIpc) is 3.27. The van der Waals surface area contributed by atoms with E-state index in [1.54, 1.807) is 4.90 Å². The highest BCUT2D eigenvalue weighted by atomic mass is 16.5. The molecule has 2 saturated heterocycles. The lowest BCUT2D eigenvalue weighted by molar-refractivity contribution is -0.140. The van der Waals surface area contributed by atoms with Gasteiger partial charge in [-0.1, -0.05) is 13.0 Å². The number of urea groups is 1. The summed E-state index contributed by atoms with van der Waals surface area (Å²) in [5, 5.41) is 2.90. The number of hydrogen-bond acceptors (Lipinski definition) is 5. The Balaban J connectivity index is 1.30. The molecule has 172 valence electrons. The van der Waals surface area contributed by atoms with Crippen LogP contribution in [0.2, 0.25) is 0 Å². The van der Waals surface area contributed by atoms with E-state index in [4.69, 9.17) is 9.47 Å². The van der Waals surface area contributed by atoms with Gasteiger partial charge in [-0.2, -0.15) is 0 Å². The van der Waals surface area contributed by atoms with Crippen LogP contribution in [0.5, 0.6) is 11.5 Å². The van der Waals surface area contributed by atoms with Crippen molar-refractivity contribution in [3.63, 3.8) is 0 Å². The number of rotatable bonds is 3. The van der Waals surface area contributed by atoms with E-state index in [0.29, 0.717) is 44.3 Å². The zero-order valence-electron chi connectivity index (χ0n) is 18.6. The first-order valence-electron chi connectivity index (χ1n) is 11.8. The normalized spacial score (nSPS) is 29.9. The number of hydrogen-bond donors (Lipinski definition) is 1. The number of ether oxygens (including phenoxy) is 2. The molecule has 4 aliphatic rings. The molecule has 1 aliphatic carbocycles. The minimum absolute atomic E-state index is 0.0927. The van der Waals surface area contributed by atoms with Crippen LogP contribution in [0.1, 0.15) is 63.5 Å². The summed E-state index contributed by atoms with van der Waals surface area (Å²) in [4.78, 5) is 41.9. The van der Waals surface area contributed by atoms with E-state index in [9.17, 15) is 14.4 Å². The van der Waals surface area contributed by atoms with Crippen molar-refractivity contribution in [1.82, 2.24) is 15.1 Å². The van der Waals surface area contributed by atoms with Crippen molar-refractivity contribution in [2.45, 2.75) is 63.5 Å². The molecular formula is C24H31N3O5. The molecule has 1 saturated carbocycles. The van der Waals surface area contributed by atoms with Crippen LogP contribution in [0.4, 0.5) is 4.79 Å². The van der Waals surface area contributed by atoms with Crippen molar-refractivity contribution in [2.24, 2.45) is 5.92 Å². The van der Waals surface area contributed by atoms with Gasteiger partial charge in [-0.25, -0.2) is 4.79 Å². The molecule has 0 unspecified atom stereocenters. The number of likely N-dealkylation sites (tertiary alicyclic amines) is 1. The molecule has 1 aromatic carbocycles. The first kappa shape index (κ1) is 21.1. The Morgan fingerprint density at radius 1 is 1.09 bits per heavy atom. The van der Waals surface area contributed by atoms with Crippen molar-refractivity contribution < 1.29 is 23.9 Å². The number of carbonyl (C=O) groups excluding carboxylic acids is 3. The Labute approximate surface area is 188 Å². The molecule has 8 nitrogen and oxygen atoms in total. The second-order valence-corrected chi connectivity index (χ2v) is 9.59. The third kappa shape index (κ3) is 3.69. The van der Waals surface area contributed by atoms with Gasteiger partial charge >= 0.3 is 6.03 Å². The summed E-state index contributed by atoms with van der Waals surface area (Å²) < 4.78 is 11.5. The number of fused-ring (bicyclic) bond motifs is 1. The first-order valence-corrected chi connectivity index (χ1v) is 11.8. The number of amides is 4. The molecule has 3 heterocycles. The molecule has 3 aliphatic heterocycles. The Bertz CT molecular complexity index is 924. The smallest absolute Gasteiger partial charge is 0.325 e. The third-order valence-electron chi connectivity index (χ3n) is 7.40. The van der Waals surface area contributed by atoms with Crippen molar-refractivity contribution in [1.29, 1.82) is 0 Å². The van der Waals surface area contributed by atoms with Crippen LogP contribution in [0, 0.1) is 5.92 Å². The fraction of sp³-hybridized carbons (Fsp3) is 0.625. The van der Waals surface area contributed by atoms with Crippen LogP contribution in [0.15, 0.2) is 18.2 Å². The number of benzene rings is 1. The van der Waals surface area contributed by atoms with Crippen LogP contribution >= 0.6 is 0 Å². The van der Waals surface area contributed by atoms with E-state index >= 15 is 0 Å². The van der Waals surface area contributed by atoms with Crippen LogP contribution in [-0.2, 0) is 9.59 Å². The highest BCUT2D eigenvalue weighted by Gasteiger charge is 2.52. The number of nitrogens with one attached hydrogen (secondary N) is 1. The monoisotopic (exact) mass is 441 g/mol. The van der Waals surface area contributed by atoms with Crippen molar-refractivity contribution in [3.05, 3.63) is 23.8 Å². The predicted molar refractivity (Wildman–Crippen MR) is 116 cm³/mol. The summed E-state index contributed by atoms with van der Waals surface area (Å²) in [5.74, 6) is 1.57. The molecule has 3 fully saturated rings. The van der Waals surface area contributed by atoms with E-state index in [1.807, 2.05) is 18.2 Å². The lowest BCUT2D eigenvalue weighted by atomic mass is 9.77. The van der Waals surface area contributed by atoms with Gasteiger partial charge in [-0.05, 0) is 62.1 Å². The Morgan fingerprint density at radius 3 is 2.62 bits per heavy atom. The van der Waals surface area contributed by atoms with Crippen molar-refractivity contribution in [2.75, 3.05) is 26.3 Å². The highest BCUT2D eigenvalue weighted by molar-refractivity contribution is 6.09. The molecule has 1 atom stereocenters. The van der Waals surface area contributed by atoms with Crippen LogP contribution in [-0.4, -0.2) is 59.5 Å². The van der Waals surface area contributed by atoms with Crippen LogP contribution < -0.4 is 14.8 Å². The van der Waals surface area contributed by atoms with E-state index < -0.39 is 11.6 Å². The molecule has 1 N–H and O–H groups in total. The SMILES string of the molecule is CC1CCC2(CC1)NC(=O)N(CC(=O)N1CCC[C@@H]1c1ccc3c(c1)OCCCO3)C2=O. The minimum Gasteiger partial charge on any atom is -0.490 e. The van der Waals surface area contributed by atoms with Gasteiger partial charge in [-0.3, -0.25) is 14.5 Å². The second kappa shape index (κ2) is 8.30. The van der Waals surface area contributed by atoms with Gasteiger partial charge in [0.2, 0.25) is 5.91 Å². The van der Waals surface area contributed by atoms with Gasteiger partial charge in [0.05, 0.1) is 19.3 Å². The standard InChI is InChI=1S/C24H31N3O5/c1-16-7-9-24(10-8-16)22(29)27(23(30)25-24)15-21(28)26-11-2-4-18(26)17-5-6-19-20(14-17)32-13-3-12-31-19/h5-6,14,16,18H,2-4,7-13,15H2,1H3,(H,25,30)/t16?,18-,24?/m1/s1. The molecule has 32 heavy (non-hydrogen) atoms. The first-order chi connectivity index (χ1) is 15.5. The van der Waals surface area contributed by atoms with E-state index in [1.165, 1.54) is 0 Å². The molecule has 1 aromatic rings. The summed E-state index contributed by atoms with van der Waals surface area (Å²) in [6, 6.07) is 5.31. The van der Waals surface area contributed by atoms with Gasteiger partial charge in [0.1, 0.15) is 12.1 Å². The highest BCUT2D eigenvalue weighted by Crippen LogP contribution is 2.39. The summed E-state index contributed by atoms with van der Waals surface area (Å²) >= 11 is 0. The number of nitrogens with zero attached hydrogens (tertiary/aromatic N) is 2. The Hall–Kier alpha value is -2.77. The Kier molecular flexibility index (Phi) is 5.47. The zero-order valence-corrected chi connectivity index (χ0v) is 18.6. The van der Waals surface area contributed by atoms with E-state index in [2.05, 4.69) is 12.2 Å². The average molecular weight is 442 g/mol. The molecule has 0 radical (unpaired) electrons. The molecule has 0 aromatic heterocycles. The summed E-state index contributed by atoms with van der Waals surface area (Å²) in [6.45, 7) is 3.82. The van der Waals surface area contributed by atoms with Crippen LogP contribution in [0.3, 0.4) is 0 Å². The fourth-order valence-electron chi connectivity index (χ4n) is 5.44. The topological polar surface area (TPSA) is 88.2 Å². The van der Waals surface area contributed by atoms with E-state index in [-0.39, 0.29) is 24.4 Å². The van der Waals surface area contributed by atoms with Gasteiger partial charge in [0, 0.05) is 13.0 Å². The second-order valence-electron chi connectivity index (χ2n) is 9.59. The maximum atomic E-state index is 13.2. The van der Waals surface area contributed by atoms with Gasteiger partial charge in [0.25, 0.3) is 5.91 Å². The lowest BCUT2D eigenvalue weighted by Gasteiger charge is -2.33. The molecule has 0 bridgehead atoms. The molecule has 5 rings (SSSR count). The zero-order chi connectivity index (χ0) is 22.3. The molecular weight excluding hydrogens is 410 g/mol. The van der Waals surface area contributed by atoms with Crippen molar-refractivity contribution in [3.8, 4) is 11.5 Å². The van der Waals surface area contributed by atoms with Gasteiger partial charge in [-0.15, -0.1) is 0 Å². The summed E-state index contributed by atoms with van der Waals surface area (Å²) in [7, 11) is 0. The van der Waals surface area contributed by atoms with Gasteiger partial charge < -0.3 is 19.7 Å². The maximum Gasteiger partial charge on any atom is 0.325 e. The fourth-order valence-corrected chi connectivity index (χ4v) is 5.44. The predicted octanol–water partition coefficient (Wildman–Crippen LogP) is 3.01. The maximum absolute atomic E-state index is 13.2. The largest absolute Gasteiger partial charge is 0.490 e. The quantitative estimate of drug-likeness (QED) is 0.729. The van der Waals surface area contributed by atoms with Gasteiger partial charge in [0.15, 0.2) is 11.5 Å². The minimum atomic E-state index is -0.817. The van der Waals surface area contributed by atoms with E-state index in [0.717, 1.165) is 48.3 Å². The van der Waals surface area contributed by atoms with Crippen LogP contribution in [0.25, 0.3) is 0 Å². The number of imide groups is 1. The summed E-state index contributed by atoms with van der Waals surface area (Å²) in [6.07, 6.45) is 5.67. The molecule has 1 spiro atoms. The Morgan fingerprint density at radius 2 is 1.84 bits per heavy atom. The number of carbonyl (C=O) groups is 3. The lowest BCUT2D eigenvalue weighted by Crippen LogP contribution is -2.50.